The van der Waals surface area contributed by atoms with E-state index in [1.54, 1.807) is 33.8 Å². The summed E-state index contributed by atoms with van der Waals surface area (Å²) in [6.45, 7) is 7.22. The summed E-state index contributed by atoms with van der Waals surface area (Å²) in [4.78, 5) is 19.6. The van der Waals surface area contributed by atoms with Gasteiger partial charge in [0.05, 0.1) is 16.8 Å². The first-order valence-electron chi connectivity index (χ1n) is 11.9. The predicted octanol–water partition coefficient (Wildman–Crippen LogP) is 3.98. The van der Waals surface area contributed by atoms with Gasteiger partial charge in [0.2, 0.25) is 10.0 Å². The second-order valence-electron chi connectivity index (χ2n) is 10.2. The monoisotopic (exact) mass is 554 g/mol. The summed E-state index contributed by atoms with van der Waals surface area (Å²) in [5.41, 5.74) is 5.09. The van der Waals surface area contributed by atoms with Crippen molar-refractivity contribution in [1.82, 2.24) is 24.0 Å². The molecule has 1 aliphatic heterocycles. The Morgan fingerprint density at radius 2 is 1.95 bits per heavy atom. The molecule has 1 amide bonds. The van der Waals surface area contributed by atoms with Gasteiger partial charge in [-0.05, 0) is 58.2 Å². The van der Waals surface area contributed by atoms with E-state index in [-0.39, 0.29) is 29.3 Å². The van der Waals surface area contributed by atoms with E-state index >= 15 is 0 Å². The van der Waals surface area contributed by atoms with Crippen LogP contribution in [0.15, 0.2) is 35.5 Å². The molecule has 1 aromatic carbocycles. The highest BCUT2D eigenvalue weighted by molar-refractivity contribution is 7.89. The van der Waals surface area contributed by atoms with Crippen molar-refractivity contribution in [3.63, 3.8) is 0 Å². The van der Waals surface area contributed by atoms with Gasteiger partial charge in [-0.2, -0.15) is 17.5 Å². The van der Waals surface area contributed by atoms with E-state index in [1.807, 2.05) is 0 Å². The number of carbonyl (C=O) groups is 1. The van der Waals surface area contributed by atoms with Gasteiger partial charge in [0, 0.05) is 30.9 Å². The molecule has 3 heterocycles. The molecular weight excluding hydrogens is 525 g/mol. The number of anilines is 1. The number of carbonyl (C=O) groups excluding carboxylic acids is 1. The van der Waals surface area contributed by atoms with Gasteiger partial charge in [0.15, 0.2) is 17.2 Å². The molecule has 14 heteroatoms. The Hall–Kier alpha value is -3.39. The van der Waals surface area contributed by atoms with Crippen molar-refractivity contribution in [2.75, 3.05) is 18.8 Å². The number of amides is 1. The number of nitrogens with one attached hydrogen (secondary N) is 1. The van der Waals surface area contributed by atoms with E-state index in [9.17, 15) is 26.4 Å². The minimum Gasteiger partial charge on any atom is -0.444 e. The maximum Gasteiger partial charge on any atom is 0.434 e. The Kier molecular flexibility index (Phi) is 7.08. The fourth-order valence-electron chi connectivity index (χ4n) is 4.29. The molecule has 1 atom stereocenters. The van der Waals surface area contributed by atoms with E-state index in [1.165, 1.54) is 22.6 Å². The quantitative estimate of drug-likeness (QED) is 0.499. The Balaban J connectivity index is 1.66. The van der Waals surface area contributed by atoms with E-state index in [0.717, 1.165) is 10.6 Å². The van der Waals surface area contributed by atoms with Crippen LogP contribution in [0.1, 0.15) is 44.9 Å². The smallest absolute Gasteiger partial charge is 0.434 e. The normalized spacial score (nSPS) is 17.5. The van der Waals surface area contributed by atoms with Crippen molar-refractivity contribution < 1.29 is 31.1 Å². The number of nitrogens with two attached hydrogens (primary N) is 1. The van der Waals surface area contributed by atoms with Crippen LogP contribution in [0.4, 0.5) is 23.8 Å². The number of alkyl carbamates (subject to hydrolysis) is 1. The highest BCUT2D eigenvalue weighted by Crippen LogP contribution is 2.33. The average Bonchev–Trinajstić information content (AvgIpc) is 3.22. The highest BCUT2D eigenvalue weighted by atomic mass is 32.2. The van der Waals surface area contributed by atoms with Gasteiger partial charge in [-0.25, -0.2) is 23.2 Å². The molecule has 0 radical (unpaired) electrons. The molecule has 0 bridgehead atoms. The summed E-state index contributed by atoms with van der Waals surface area (Å²) in [5, 5.41) is 2.73. The fraction of sp³-hybridized carbons (Fsp3) is 0.458. The number of aryl methyl sites for hydroxylation is 1. The summed E-state index contributed by atoms with van der Waals surface area (Å²) in [6, 6.07) is 3.99. The summed E-state index contributed by atoms with van der Waals surface area (Å²) >= 11 is 0. The molecule has 0 aliphatic carbocycles. The van der Waals surface area contributed by atoms with E-state index in [2.05, 4.69) is 15.3 Å². The van der Waals surface area contributed by atoms with Crippen LogP contribution in [0.25, 0.3) is 16.9 Å². The molecule has 3 N–H and O–H groups in total. The summed E-state index contributed by atoms with van der Waals surface area (Å²) in [5.74, 6) is -0.399. The number of hydrogen-bond acceptors (Lipinski definition) is 7. The number of ether oxygens (including phenoxy) is 1. The first kappa shape index (κ1) is 27.6. The van der Waals surface area contributed by atoms with Crippen molar-refractivity contribution in [2.24, 2.45) is 0 Å². The predicted molar refractivity (Wildman–Crippen MR) is 134 cm³/mol. The number of benzene rings is 1. The zero-order valence-corrected chi connectivity index (χ0v) is 22.2. The van der Waals surface area contributed by atoms with E-state index in [0.29, 0.717) is 24.0 Å². The number of nitrogen functional groups attached to an aromatic ring is 1. The van der Waals surface area contributed by atoms with E-state index < -0.39 is 45.4 Å². The molecule has 1 unspecified atom stereocenters. The zero-order valence-electron chi connectivity index (χ0n) is 21.3. The second kappa shape index (κ2) is 9.73. The van der Waals surface area contributed by atoms with Gasteiger partial charge >= 0.3 is 12.3 Å². The van der Waals surface area contributed by atoms with Gasteiger partial charge in [0.25, 0.3) is 0 Å². The Morgan fingerprint density at radius 3 is 2.61 bits per heavy atom. The Labute approximate surface area is 218 Å². The Bertz CT molecular complexity index is 1480. The SMILES string of the molecule is Cc1ccc(S(=O)(=O)N2CCCC(NC(=O)OC(C)(C)C)C2)cc1-c1cnc2c(N)nc(C(F)(F)F)cn12. The third-order valence-electron chi connectivity index (χ3n) is 6.04. The Morgan fingerprint density at radius 1 is 1.24 bits per heavy atom. The molecule has 1 saturated heterocycles. The van der Waals surface area contributed by atoms with Crippen LogP contribution in [-0.2, 0) is 20.9 Å². The number of sulfonamides is 1. The fourth-order valence-corrected chi connectivity index (χ4v) is 5.84. The van der Waals surface area contributed by atoms with Crippen LogP contribution in [0, 0.1) is 6.92 Å². The third kappa shape index (κ3) is 5.70. The molecule has 0 spiro atoms. The highest BCUT2D eigenvalue weighted by Gasteiger charge is 2.35. The topological polar surface area (TPSA) is 132 Å². The third-order valence-corrected chi connectivity index (χ3v) is 7.90. The lowest BCUT2D eigenvalue weighted by molar-refractivity contribution is -0.141. The first-order chi connectivity index (χ1) is 17.6. The van der Waals surface area contributed by atoms with Gasteiger partial charge in [-0.15, -0.1) is 0 Å². The van der Waals surface area contributed by atoms with Crippen molar-refractivity contribution in [1.29, 1.82) is 0 Å². The lowest BCUT2D eigenvalue weighted by atomic mass is 10.1. The average molecular weight is 555 g/mol. The van der Waals surface area contributed by atoms with Crippen LogP contribution in [-0.4, -0.2) is 57.9 Å². The van der Waals surface area contributed by atoms with Gasteiger partial charge in [-0.3, -0.25) is 4.40 Å². The number of halogens is 3. The molecule has 38 heavy (non-hydrogen) atoms. The summed E-state index contributed by atoms with van der Waals surface area (Å²) < 4.78 is 74.9. The van der Waals surface area contributed by atoms with E-state index in [4.69, 9.17) is 10.5 Å². The molecule has 3 aromatic rings. The lowest BCUT2D eigenvalue weighted by Crippen LogP contribution is -2.50. The lowest BCUT2D eigenvalue weighted by Gasteiger charge is -2.33. The van der Waals surface area contributed by atoms with Crippen LogP contribution < -0.4 is 11.1 Å². The molecule has 1 fully saturated rings. The zero-order chi connectivity index (χ0) is 28.0. The number of aromatic nitrogens is 3. The van der Waals surface area contributed by atoms with Crippen LogP contribution in [0.3, 0.4) is 0 Å². The van der Waals surface area contributed by atoms with Crippen molar-refractivity contribution in [2.45, 2.75) is 63.3 Å². The summed E-state index contributed by atoms with van der Waals surface area (Å²) in [6.07, 6.45) is -2.14. The minimum absolute atomic E-state index is 0.0211. The number of fused-ring (bicyclic) bond motifs is 1. The molecule has 206 valence electrons. The van der Waals surface area contributed by atoms with Gasteiger partial charge < -0.3 is 15.8 Å². The molecular formula is C24H29F3N6O4S. The maximum atomic E-state index is 13.6. The van der Waals surface area contributed by atoms with Crippen LogP contribution in [0.5, 0.6) is 0 Å². The second-order valence-corrected chi connectivity index (χ2v) is 12.1. The molecule has 1 aliphatic rings. The maximum absolute atomic E-state index is 13.6. The number of nitrogens with zero attached hydrogens (tertiary/aromatic N) is 4. The largest absolute Gasteiger partial charge is 0.444 e. The summed E-state index contributed by atoms with van der Waals surface area (Å²) in [7, 11) is -3.99. The molecule has 2 aromatic heterocycles. The van der Waals surface area contributed by atoms with Gasteiger partial charge in [-0.1, -0.05) is 6.07 Å². The number of hydrogen-bond donors (Lipinski definition) is 2. The number of rotatable bonds is 4. The number of imidazole rings is 1. The molecule has 10 nitrogen and oxygen atoms in total. The number of alkyl halides is 3. The van der Waals surface area contributed by atoms with Crippen LogP contribution in [0.2, 0.25) is 0 Å². The molecule has 4 rings (SSSR count). The number of piperidine rings is 1. The van der Waals surface area contributed by atoms with Crippen molar-refractivity contribution >= 4 is 27.6 Å². The standard InChI is InChI=1S/C24H29F3N6O4S/c1-14-7-8-16(38(35,36)32-9-5-6-15(12-32)30-22(34)37-23(2,3)4)10-17(14)18-11-29-21-20(28)31-19(13-33(18)21)24(25,26)27/h7-8,10-11,13,15H,5-6,9,12H2,1-4H3,(H2,28,31)(H,30,34). The van der Waals surface area contributed by atoms with Gasteiger partial charge in [0.1, 0.15) is 5.60 Å². The first-order valence-corrected chi connectivity index (χ1v) is 13.3. The minimum atomic E-state index is -4.73. The van der Waals surface area contributed by atoms with Crippen molar-refractivity contribution in [3.8, 4) is 11.3 Å². The van der Waals surface area contributed by atoms with Crippen LogP contribution >= 0.6 is 0 Å². The van der Waals surface area contributed by atoms with Crippen molar-refractivity contribution in [3.05, 3.63) is 41.9 Å². The molecule has 0 saturated carbocycles.